The Bertz CT molecular complexity index is 478. The summed E-state index contributed by atoms with van der Waals surface area (Å²) in [7, 11) is 0. The lowest BCUT2D eigenvalue weighted by Crippen LogP contribution is -2.35. The lowest BCUT2D eigenvalue weighted by atomic mass is 10.2. The molecule has 2 heterocycles. The predicted molar refractivity (Wildman–Crippen MR) is 71.0 cm³/mol. The highest BCUT2D eigenvalue weighted by Crippen LogP contribution is 2.23. The van der Waals surface area contributed by atoms with Crippen molar-refractivity contribution in [2.75, 3.05) is 11.9 Å². The lowest BCUT2D eigenvalue weighted by molar-refractivity contribution is -0.138. The van der Waals surface area contributed by atoms with E-state index in [1.54, 1.807) is 12.3 Å². The second-order valence-corrected chi connectivity index (χ2v) is 4.97. The molecule has 96 valence electrons. The quantitative estimate of drug-likeness (QED) is 0.861. The Morgan fingerprint density at radius 3 is 3.00 bits per heavy atom. The van der Waals surface area contributed by atoms with E-state index in [2.05, 4.69) is 26.2 Å². The fourth-order valence-electron chi connectivity index (χ4n) is 1.91. The minimum Gasteiger partial charge on any atom is -0.357 e. The highest BCUT2D eigenvalue weighted by molar-refractivity contribution is 9.10. The monoisotopic (exact) mass is 311 g/mol. The van der Waals surface area contributed by atoms with E-state index in [4.69, 9.17) is 0 Å². The van der Waals surface area contributed by atoms with Crippen molar-refractivity contribution in [2.24, 2.45) is 0 Å². The number of anilines is 1. The van der Waals surface area contributed by atoms with E-state index >= 15 is 0 Å². The maximum atomic E-state index is 12.0. The number of hydrogen-bond acceptors (Lipinski definition) is 4. The molecule has 6 heteroatoms. The highest BCUT2D eigenvalue weighted by atomic mass is 79.9. The molecule has 1 aliphatic rings. The van der Waals surface area contributed by atoms with Gasteiger partial charge in [-0.2, -0.15) is 0 Å². The number of nitrogens with zero attached hydrogens (tertiary/aromatic N) is 2. The molecule has 1 unspecified atom stereocenters. The van der Waals surface area contributed by atoms with Gasteiger partial charge in [0.1, 0.15) is 11.9 Å². The van der Waals surface area contributed by atoms with Crippen LogP contribution < -0.4 is 5.32 Å². The van der Waals surface area contributed by atoms with E-state index < -0.39 is 6.04 Å². The smallest absolute Gasteiger partial charge is 0.252 e. The summed E-state index contributed by atoms with van der Waals surface area (Å²) in [6.07, 6.45) is 2.61. The van der Waals surface area contributed by atoms with Crippen LogP contribution in [0.1, 0.15) is 19.8 Å². The molecule has 0 spiro atoms. The van der Waals surface area contributed by atoms with Crippen molar-refractivity contribution in [3.05, 3.63) is 22.8 Å². The molecule has 0 radical (unpaired) electrons. The molecule has 2 rings (SSSR count). The zero-order valence-corrected chi connectivity index (χ0v) is 11.6. The second-order valence-electron chi connectivity index (χ2n) is 4.12. The summed E-state index contributed by atoms with van der Waals surface area (Å²) in [6.45, 7) is 2.43. The Morgan fingerprint density at radius 1 is 1.56 bits per heavy atom. The third-order valence-electron chi connectivity index (χ3n) is 2.76. The van der Waals surface area contributed by atoms with Gasteiger partial charge >= 0.3 is 0 Å². The number of aromatic nitrogens is 1. The number of carbonyl (C=O) groups is 2. The van der Waals surface area contributed by atoms with E-state index in [0.717, 1.165) is 10.9 Å². The van der Waals surface area contributed by atoms with Gasteiger partial charge in [-0.25, -0.2) is 4.98 Å². The topological polar surface area (TPSA) is 62.3 Å². The van der Waals surface area contributed by atoms with Gasteiger partial charge in [-0.05, 0) is 34.5 Å². The number of hydrogen-bond donors (Lipinski definition) is 1. The molecule has 1 aromatic heterocycles. The third-order valence-corrected chi connectivity index (χ3v) is 3.40. The first-order valence-electron chi connectivity index (χ1n) is 5.84. The fourth-order valence-corrected chi connectivity index (χ4v) is 2.28. The average molecular weight is 312 g/mol. The molecule has 0 bridgehead atoms. The summed E-state index contributed by atoms with van der Waals surface area (Å²) in [5.74, 6) is 0.299. The van der Waals surface area contributed by atoms with Gasteiger partial charge < -0.3 is 5.32 Å². The Labute approximate surface area is 114 Å². The number of pyridine rings is 1. The number of amides is 2. The van der Waals surface area contributed by atoms with Crippen molar-refractivity contribution in [3.8, 4) is 0 Å². The van der Waals surface area contributed by atoms with E-state index in [0.29, 0.717) is 12.4 Å². The summed E-state index contributed by atoms with van der Waals surface area (Å²) in [5, 5.41) is 3.01. The van der Waals surface area contributed by atoms with Crippen LogP contribution >= 0.6 is 15.9 Å². The van der Waals surface area contributed by atoms with Crippen LogP contribution in [0, 0.1) is 0 Å². The van der Waals surface area contributed by atoms with Crippen molar-refractivity contribution in [2.45, 2.75) is 25.8 Å². The molecule has 0 aliphatic carbocycles. The largest absolute Gasteiger partial charge is 0.357 e. The van der Waals surface area contributed by atoms with Crippen molar-refractivity contribution in [1.29, 1.82) is 0 Å². The van der Waals surface area contributed by atoms with E-state index in [9.17, 15) is 9.59 Å². The van der Waals surface area contributed by atoms with Gasteiger partial charge in [0.05, 0.1) is 10.9 Å². The number of carbonyl (C=O) groups excluding carboxylic acids is 2. The van der Waals surface area contributed by atoms with E-state index in [1.807, 2.05) is 13.0 Å². The third kappa shape index (κ3) is 2.53. The molecule has 1 aliphatic heterocycles. The summed E-state index contributed by atoms with van der Waals surface area (Å²) in [5.41, 5.74) is 0. The van der Waals surface area contributed by atoms with Gasteiger partial charge in [-0.1, -0.05) is 6.92 Å². The first kappa shape index (κ1) is 13.0. The summed E-state index contributed by atoms with van der Waals surface area (Å²) in [4.78, 5) is 29.2. The number of imide groups is 1. The Balaban J connectivity index is 2.10. The normalized spacial score (nSPS) is 19.4. The maximum absolute atomic E-state index is 12.0. The lowest BCUT2D eigenvalue weighted by Gasteiger charge is -2.15. The SMILES string of the molecule is CCCN1C(=O)CC(Nc2ncccc2Br)C1=O. The van der Waals surface area contributed by atoms with Gasteiger partial charge in [-0.3, -0.25) is 14.5 Å². The molecule has 1 atom stereocenters. The van der Waals surface area contributed by atoms with Crippen LogP contribution in [0.5, 0.6) is 0 Å². The van der Waals surface area contributed by atoms with Gasteiger partial charge in [0.15, 0.2) is 0 Å². The summed E-state index contributed by atoms with van der Waals surface area (Å²) < 4.78 is 0.777. The minimum absolute atomic E-state index is 0.119. The molecule has 18 heavy (non-hydrogen) atoms. The molecule has 1 saturated heterocycles. The Morgan fingerprint density at radius 2 is 2.33 bits per heavy atom. The minimum atomic E-state index is -0.504. The molecule has 1 N–H and O–H groups in total. The molecule has 5 nitrogen and oxygen atoms in total. The van der Waals surface area contributed by atoms with E-state index in [1.165, 1.54) is 4.90 Å². The molecule has 0 saturated carbocycles. The van der Waals surface area contributed by atoms with Gasteiger partial charge in [-0.15, -0.1) is 0 Å². The van der Waals surface area contributed by atoms with Crippen LogP contribution in [0.4, 0.5) is 5.82 Å². The zero-order chi connectivity index (χ0) is 13.1. The van der Waals surface area contributed by atoms with E-state index in [-0.39, 0.29) is 18.2 Å². The number of halogens is 1. The standard InChI is InChI=1S/C12H14BrN3O2/c1-2-6-16-10(17)7-9(12(16)18)15-11-8(13)4-3-5-14-11/h3-5,9H,2,6-7H2,1H3,(H,14,15). The molecule has 1 fully saturated rings. The van der Waals surface area contributed by atoms with Crippen LogP contribution in [0.3, 0.4) is 0 Å². The van der Waals surface area contributed by atoms with Crippen LogP contribution in [-0.2, 0) is 9.59 Å². The first-order chi connectivity index (χ1) is 8.63. The summed E-state index contributed by atoms with van der Waals surface area (Å²) >= 11 is 3.35. The van der Waals surface area contributed by atoms with Crippen LogP contribution in [0.15, 0.2) is 22.8 Å². The van der Waals surface area contributed by atoms with Gasteiger partial charge in [0, 0.05) is 12.7 Å². The van der Waals surface area contributed by atoms with Crippen LogP contribution in [0.2, 0.25) is 0 Å². The van der Waals surface area contributed by atoms with Crippen LogP contribution in [0.25, 0.3) is 0 Å². The predicted octanol–water partition coefficient (Wildman–Crippen LogP) is 1.79. The van der Waals surface area contributed by atoms with Gasteiger partial charge in [0.2, 0.25) is 5.91 Å². The second kappa shape index (κ2) is 5.48. The highest BCUT2D eigenvalue weighted by Gasteiger charge is 2.38. The number of rotatable bonds is 4. The Hall–Kier alpha value is -1.43. The number of nitrogens with one attached hydrogen (secondary N) is 1. The van der Waals surface area contributed by atoms with Crippen molar-refractivity contribution in [1.82, 2.24) is 9.88 Å². The Kier molecular flexibility index (Phi) is 3.96. The molecule has 1 aromatic rings. The van der Waals surface area contributed by atoms with Gasteiger partial charge in [0.25, 0.3) is 5.91 Å². The van der Waals surface area contributed by atoms with Crippen LogP contribution in [-0.4, -0.2) is 34.3 Å². The molecular weight excluding hydrogens is 298 g/mol. The first-order valence-corrected chi connectivity index (χ1v) is 6.64. The maximum Gasteiger partial charge on any atom is 0.252 e. The average Bonchev–Trinajstić information content (AvgIpc) is 2.60. The fraction of sp³-hybridized carbons (Fsp3) is 0.417. The number of likely N-dealkylation sites (tertiary alicyclic amines) is 1. The summed E-state index contributed by atoms with van der Waals surface area (Å²) in [6, 6.07) is 3.12. The molecule has 0 aromatic carbocycles. The van der Waals surface area contributed by atoms with Crippen molar-refractivity contribution < 1.29 is 9.59 Å². The molecule has 2 amide bonds. The zero-order valence-electron chi connectivity index (χ0n) is 10.0. The van der Waals surface area contributed by atoms with Crippen molar-refractivity contribution in [3.63, 3.8) is 0 Å². The van der Waals surface area contributed by atoms with Crippen molar-refractivity contribution >= 4 is 33.6 Å². The molecular formula is C12H14BrN3O2.